The molecular weight excluding hydrogens is 262 g/mol. The van der Waals surface area contributed by atoms with Gasteiger partial charge in [0.05, 0.1) is 17.2 Å². The van der Waals surface area contributed by atoms with E-state index in [4.69, 9.17) is 15.7 Å². The topological polar surface area (TPSA) is 88.1 Å². The smallest absolute Gasteiger partial charge is 0.177 e. The number of thiophene rings is 1. The molecule has 1 aromatic rings. The van der Waals surface area contributed by atoms with Crippen molar-refractivity contribution in [3.8, 4) is 6.07 Å². The van der Waals surface area contributed by atoms with Crippen LogP contribution in [0.15, 0.2) is 0 Å². The van der Waals surface area contributed by atoms with Crippen LogP contribution in [0.1, 0.15) is 36.0 Å². The Bertz CT molecular complexity index is 489. The molecule has 0 aliphatic heterocycles. The molecular formula is C13H19N3O2S. The molecule has 0 bridgehead atoms. The Labute approximate surface area is 117 Å². The monoisotopic (exact) mass is 281 g/mol. The van der Waals surface area contributed by atoms with E-state index in [2.05, 4.69) is 5.32 Å². The Kier molecular flexibility index (Phi) is 5.80. The predicted molar refractivity (Wildman–Crippen MR) is 77.6 cm³/mol. The van der Waals surface area contributed by atoms with Gasteiger partial charge in [0.2, 0.25) is 0 Å². The maximum absolute atomic E-state index is 12.0. The molecule has 0 atom stereocenters. The summed E-state index contributed by atoms with van der Waals surface area (Å²) in [6.45, 7) is 7.33. The van der Waals surface area contributed by atoms with Crippen molar-refractivity contribution < 1.29 is 9.53 Å². The summed E-state index contributed by atoms with van der Waals surface area (Å²) in [4.78, 5) is 12.5. The van der Waals surface area contributed by atoms with Crippen molar-refractivity contribution in [2.45, 2.75) is 20.8 Å². The van der Waals surface area contributed by atoms with Crippen LogP contribution < -0.4 is 11.1 Å². The van der Waals surface area contributed by atoms with Gasteiger partial charge in [-0.1, -0.05) is 13.8 Å². The third-order valence-corrected chi connectivity index (χ3v) is 3.72. The number of ketones is 1. The van der Waals surface area contributed by atoms with Gasteiger partial charge in [-0.3, -0.25) is 4.79 Å². The molecule has 0 radical (unpaired) electrons. The summed E-state index contributed by atoms with van der Waals surface area (Å²) in [6.07, 6.45) is 0. The van der Waals surface area contributed by atoms with E-state index in [1.54, 1.807) is 0 Å². The van der Waals surface area contributed by atoms with Gasteiger partial charge in [-0.2, -0.15) is 5.26 Å². The Morgan fingerprint density at radius 1 is 1.58 bits per heavy atom. The highest BCUT2D eigenvalue weighted by Gasteiger charge is 2.22. The van der Waals surface area contributed by atoms with Crippen LogP contribution in [0.5, 0.6) is 0 Å². The first-order chi connectivity index (χ1) is 9.02. The molecule has 104 valence electrons. The molecule has 1 aromatic heterocycles. The highest BCUT2D eigenvalue weighted by atomic mass is 32.1. The number of nitriles is 1. The van der Waals surface area contributed by atoms with E-state index in [1.807, 2.05) is 26.8 Å². The zero-order valence-corrected chi connectivity index (χ0v) is 12.3. The summed E-state index contributed by atoms with van der Waals surface area (Å²) in [5.41, 5.74) is 6.51. The standard InChI is InChI=1S/C13H19N3O2S/c1-4-18-6-5-16-13-9(7-14)10(15)12(19-13)11(17)8(2)3/h8,16H,4-6,15H2,1-3H3. The number of Topliss-reactive ketones (excluding diaryl/α,β-unsaturated/α-hetero) is 1. The first kappa shape index (κ1) is 15.5. The van der Waals surface area contributed by atoms with Crippen LogP contribution in [-0.4, -0.2) is 25.5 Å². The van der Waals surface area contributed by atoms with Gasteiger partial charge in [-0.25, -0.2) is 0 Å². The van der Waals surface area contributed by atoms with Gasteiger partial charge in [0, 0.05) is 19.1 Å². The molecule has 0 unspecified atom stereocenters. The number of anilines is 2. The van der Waals surface area contributed by atoms with Crippen LogP contribution in [0.25, 0.3) is 0 Å². The summed E-state index contributed by atoms with van der Waals surface area (Å²) in [7, 11) is 0. The van der Waals surface area contributed by atoms with Gasteiger partial charge in [0.1, 0.15) is 16.6 Å². The summed E-state index contributed by atoms with van der Waals surface area (Å²) >= 11 is 1.24. The van der Waals surface area contributed by atoms with Crippen LogP contribution in [0, 0.1) is 17.2 Å². The lowest BCUT2D eigenvalue weighted by molar-refractivity contribution is 0.0944. The van der Waals surface area contributed by atoms with Crippen LogP contribution in [-0.2, 0) is 4.74 Å². The van der Waals surface area contributed by atoms with Crippen molar-refractivity contribution in [3.05, 3.63) is 10.4 Å². The zero-order chi connectivity index (χ0) is 14.4. The number of nitrogens with one attached hydrogen (secondary N) is 1. The van der Waals surface area contributed by atoms with Crippen LogP contribution >= 0.6 is 11.3 Å². The SMILES string of the molecule is CCOCCNc1sc(C(=O)C(C)C)c(N)c1C#N. The van der Waals surface area contributed by atoms with Crippen molar-refractivity contribution in [2.75, 3.05) is 30.8 Å². The third-order valence-electron chi connectivity index (χ3n) is 2.54. The maximum Gasteiger partial charge on any atom is 0.177 e. The fraction of sp³-hybridized carbons (Fsp3) is 0.538. The first-order valence-electron chi connectivity index (χ1n) is 6.21. The highest BCUT2D eigenvalue weighted by Crippen LogP contribution is 2.36. The number of hydrogen-bond acceptors (Lipinski definition) is 6. The molecule has 1 heterocycles. The van der Waals surface area contributed by atoms with E-state index in [0.717, 1.165) is 0 Å². The Morgan fingerprint density at radius 2 is 2.26 bits per heavy atom. The van der Waals surface area contributed by atoms with E-state index in [-0.39, 0.29) is 17.4 Å². The minimum absolute atomic E-state index is 0.0307. The highest BCUT2D eigenvalue weighted by molar-refractivity contribution is 7.19. The van der Waals surface area contributed by atoms with Crippen molar-refractivity contribution in [1.82, 2.24) is 0 Å². The molecule has 19 heavy (non-hydrogen) atoms. The predicted octanol–water partition coefficient (Wildman–Crippen LogP) is 2.49. The molecule has 0 aliphatic carbocycles. The number of ether oxygens (including phenoxy) is 1. The summed E-state index contributed by atoms with van der Waals surface area (Å²) < 4.78 is 5.21. The minimum atomic E-state index is -0.135. The second-order valence-corrected chi connectivity index (χ2v) is 5.32. The fourth-order valence-electron chi connectivity index (χ4n) is 1.51. The number of nitrogens with two attached hydrogens (primary N) is 1. The molecule has 0 aliphatic rings. The van der Waals surface area contributed by atoms with Crippen LogP contribution in [0.4, 0.5) is 10.7 Å². The molecule has 0 saturated heterocycles. The van der Waals surface area contributed by atoms with E-state index >= 15 is 0 Å². The van der Waals surface area contributed by atoms with E-state index in [1.165, 1.54) is 11.3 Å². The molecule has 6 heteroatoms. The summed E-state index contributed by atoms with van der Waals surface area (Å²) in [5, 5.41) is 12.9. The van der Waals surface area contributed by atoms with E-state index in [0.29, 0.717) is 35.2 Å². The number of rotatable bonds is 7. The largest absolute Gasteiger partial charge is 0.396 e. The molecule has 0 amide bonds. The van der Waals surface area contributed by atoms with E-state index < -0.39 is 0 Å². The lowest BCUT2D eigenvalue weighted by Gasteiger charge is -2.03. The molecule has 0 fully saturated rings. The Hall–Kier alpha value is -1.58. The quantitative estimate of drug-likeness (QED) is 0.592. The Balaban J connectivity index is 2.90. The zero-order valence-electron chi connectivity index (χ0n) is 11.4. The van der Waals surface area contributed by atoms with Gasteiger partial charge >= 0.3 is 0 Å². The van der Waals surface area contributed by atoms with Crippen molar-refractivity contribution in [3.63, 3.8) is 0 Å². The minimum Gasteiger partial charge on any atom is -0.396 e. The number of carbonyl (C=O) groups is 1. The lowest BCUT2D eigenvalue weighted by Crippen LogP contribution is -2.09. The summed E-state index contributed by atoms with van der Waals surface area (Å²) in [6, 6.07) is 2.05. The van der Waals surface area contributed by atoms with Crippen LogP contribution in [0.2, 0.25) is 0 Å². The average molecular weight is 281 g/mol. The van der Waals surface area contributed by atoms with Crippen molar-refractivity contribution in [1.29, 1.82) is 5.26 Å². The summed E-state index contributed by atoms with van der Waals surface area (Å²) in [5.74, 6) is -0.166. The number of hydrogen-bond donors (Lipinski definition) is 2. The second kappa shape index (κ2) is 7.12. The maximum atomic E-state index is 12.0. The third kappa shape index (κ3) is 3.69. The van der Waals surface area contributed by atoms with Gasteiger partial charge in [0.25, 0.3) is 0 Å². The van der Waals surface area contributed by atoms with Gasteiger partial charge in [0.15, 0.2) is 5.78 Å². The molecule has 3 N–H and O–H groups in total. The second-order valence-electron chi connectivity index (χ2n) is 4.30. The van der Waals surface area contributed by atoms with Gasteiger partial charge in [-0.05, 0) is 6.92 Å². The average Bonchev–Trinajstić information content (AvgIpc) is 2.70. The van der Waals surface area contributed by atoms with Crippen molar-refractivity contribution in [2.24, 2.45) is 5.92 Å². The van der Waals surface area contributed by atoms with Crippen LogP contribution in [0.3, 0.4) is 0 Å². The number of nitrogens with zero attached hydrogens (tertiary/aromatic N) is 1. The first-order valence-corrected chi connectivity index (χ1v) is 7.02. The molecule has 1 rings (SSSR count). The number of nitrogen functional groups attached to an aromatic ring is 1. The normalized spacial score (nSPS) is 10.5. The molecule has 0 spiro atoms. The van der Waals surface area contributed by atoms with Crippen molar-refractivity contribution >= 4 is 27.8 Å². The Morgan fingerprint density at radius 3 is 2.79 bits per heavy atom. The molecule has 5 nitrogen and oxygen atoms in total. The lowest BCUT2D eigenvalue weighted by atomic mass is 10.1. The van der Waals surface area contributed by atoms with Gasteiger partial charge in [-0.15, -0.1) is 11.3 Å². The number of carbonyl (C=O) groups excluding carboxylic acids is 1. The fourth-order valence-corrected chi connectivity index (χ4v) is 2.69. The molecule has 0 aromatic carbocycles. The van der Waals surface area contributed by atoms with E-state index in [9.17, 15) is 4.79 Å². The molecule has 0 saturated carbocycles. The van der Waals surface area contributed by atoms with Gasteiger partial charge < -0.3 is 15.8 Å².